The summed E-state index contributed by atoms with van der Waals surface area (Å²) in [5.74, 6) is 1.42. The largest absolute Gasteiger partial charge is 0.462 e. The molecule has 17 heavy (non-hydrogen) atoms. The van der Waals surface area contributed by atoms with Crippen LogP contribution < -0.4 is 5.32 Å². The zero-order valence-electron chi connectivity index (χ0n) is 10.2. The summed E-state index contributed by atoms with van der Waals surface area (Å²) in [6.07, 6.45) is 3.16. The predicted molar refractivity (Wildman–Crippen MR) is 64.4 cm³/mol. The van der Waals surface area contributed by atoms with Gasteiger partial charge in [0.25, 0.3) is 0 Å². The van der Waals surface area contributed by atoms with Crippen molar-refractivity contribution in [2.75, 3.05) is 19.8 Å². The van der Waals surface area contributed by atoms with Gasteiger partial charge in [0.2, 0.25) is 5.91 Å². The molecule has 1 aliphatic rings. The number of furan rings is 1. The minimum absolute atomic E-state index is 0.102. The minimum Gasteiger partial charge on any atom is -0.462 e. The molecule has 0 aromatic carbocycles. The van der Waals surface area contributed by atoms with Crippen molar-refractivity contribution in [2.45, 2.75) is 13.8 Å². The highest BCUT2D eigenvalue weighted by molar-refractivity contribution is 5.91. The standard InChI is InChI=1S/C13H17NO3/c1-10-3-4-11(17-10)5-6-12(15)14-7-13(2)8-16-9-13/h3-6H,7-9H2,1-2H3,(H,14,15). The van der Waals surface area contributed by atoms with Crippen LogP contribution in [0.2, 0.25) is 0 Å². The number of amides is 1. The number of carbonyl (C=O) groups is 1. The molecule has 0 radical (unpaired) electrons. The lowest BCUT2D eigenvalue weighted by molar-refractivity contribution is -0.122. The van der Waals surface area contributed by atoms with E-state index in [1.54, 1.807) is 6.08 Å². The fourth-order valence-corrected chi connectivity index (χ4v) is 1.61. The Morgan fingerprint density at radius 3 is 2.82 bits per heavy atom. The minimum atomic E-state index is -0.104. The molecular formula is C13H17NO3. The quantitative estimate of drug-likeness (QED) is 0.809. The predicted octanol–water partition coefficient (Wildman–Crippen LogP) is 1.75. The van der Waals surface area contributed by atoms with Crippen LogP contribution in [0.15, 0.2) is 22.6 Å². The van der Waals surface area contributed by atoms with Crippen LogP contribution in [0.5, 0.6) is 0 Å². The molecule has 1 aromatic heterocycles. The molecule has 1 aromatic rings. The van der Waals surface area contributed by atoms with E-state index in [0.717, 1.165) is 5.76 Å². The van der Waals surface area contributed by atoms with Crippen LogP contribution in [-0.4, -0.2) is 25.7 Å². The van der Waals surface area contributed by atoms with E-state index in [9.17, 15) is 4.79 Å². The SMILES string of the molecule is Cc1ccc(C=CC(=O)NCC2(C)COC2)o1. The van der Waals surface area contributed by atoms with E-state index in [-0.39, 0.29) is 11.3 Å². The highest BCUT2D eigenvalue weighted by atomic mass is 16.5. The van der Waals surface area contributed by atoms with E-state index in [2.05, 4.69) is 12.2 Å². The third-order valence-corrected chi connectivity index (χ3v) is 2.75. The number of carbonyl (C=O) groups excluding carboxylic acids is 1. The summed E-state index contributed by atoms with van der Waals surface area (Å²) in [5, 5.41) is 2.85. The van der Waals surface area contributed by atoms with Gasteiger partial charge in [-0.1, -0.05) is 6.92 Å². The smallest absolute Gasteiger partial charge is 0.244 e. The third kappa shape index (κ3) is 3.20. The van der Waals surface area contributed by atoms with E-state index in [1.165, 1.54) is 6.08 Å². The molecule has 2 rings (SSSR count). The summed E-state index contributed by atoms with van der Waals surface area (Å²) in [7, 11) is 0. The van der Waals surface area contributed by atoms with Crippen molar-refractivity contribution in [2.24, 2.45) is 5.41 Å². The van der Waals surface area contributed by atoms with Gasteiger partial charge in [-0.15, -0.1) is 0 Å². The van der Waals surface area contributed by atoms with Crippen LogP contribution in [0.25, 0.3) is 6.08 Å². The highest BCUT2D eigenvalue weighted by Crippen LogP contribution is 2.24. The lowest BCUT2D eigenvalue weighted by atomic mass is 9.89. The summed E-state index contributed by atoms with van der Waals surface area (Å²) in [6, 6.07) is 3.70. The maximum Gasteiger partial charge on any atom is 0.244 e. The molecular weight excluding hydrogens is 218 g/mol. The molecule has 0 bridgehead atoms. The van der Waals surface area contributed by atoms with Crippen LogP contribution in [0, 0.1) is 12.3 Å². The van der Waals surface area contributed by atoms with Crippen molar-refractivity contribution in [1.82, 2.24) is 5.32 Å². The van der Waals surface area contributed by atoms with Crippen molar-refractivity contribution >= 4 is 12.0 Å². The molecule has 2 heterocycles. The van der Waals surface area contributed by atoms with Crippen LogP contribution in [-0.2, 0) is 9.53 Å². The molecule has 1 saturated heterocycles. The van der Waals surface area contributed by atoms with Gasteiger partial charge in [-0.2, -0.15) is 0 Å². The van der Waals surface area contributed by atoms with Crippen LogP contribution >= 0.6 is 0 Å². The van der Waals surface area contributed by atoms with Gasteiger partial charge < -0.3 is 14.5 Å². The second kappa shape index (κ2) is 4.75. The summed E-state index contributed by atoms with van der Waals surface area (Å²) in [6.45, 7) is 6.04. The lowest BCUT2D eigenvalue weighted by Gasteiger charge is -2.37. The van der Waals surface area contributed by atoms with Crippen molar-refractivity contribution in [3.8, 4) is 0 Å². The Labute approximate surface area is 101 Å². The van der Waals surface area contributed by atoms with E-state index in [1.807, 2.05) is 19.1 Å². The molecule has 4 heteroatoms. The van der Waals surface area contributed by atoms with Gasteiger partial charge in [0.15, 0.2) is 0 Å². The molecule has 1 N–H and O–H groups in total. The summed E-state index contributed by atoms with van der Waals surface area (Å²) < 4.78 is 10.4. The first kappa shape index (κ1) is 11.9. The fourth-order valence-electron chi connectivity index (χ4n) is 1.61. The molecule has 1 aliphatic heterocycles. The number of aryl methyl sites for hydroxylation is 1. The maximum atomic E-state index is 11.5. The van der Waals surface area contributed by atoms with Crippen molar-refractivity contribution < 1.29 is 13.9 Å². The zero-order valence-corrected chi connectivity index (χ0v) is 10.2. The number of ether oxygens (including phenoxy) is 1. The Hall–Kier alpha value is -1.55. The first-order chi connectivity index (χ1) is 8.07. The first-order valence-corrected chi connectivity index (χ1v) is 5.68. The van der Waals surface area contributed by atoms with Crippen LogP contribution in [0.4, 0.5) is 0 Å². The van der Waals surface area contributed by atoms with Crippen molar-refractivity contribution in [3.63, 3.8) is 0 Å². The van der Waals surface area contributed by atoms with Gasteiger partial charge >= 0.3 is 0 Å². The second-order valence-electron chi connectivity index (χ2n) is 4.80. The number of nitrogens with one attached hydrogen (secondary N) is 1. The lowest BCUT2D eigenvalue weighted by Crippen LogP contribution is -2.48. The molecule has 0 unspecified atom stereocenters. The molecule has 1 amide bonds. The third-order valence-electron chi connectivity index (χ3n) is 2.75. The number of hydrogen-bond donors (Lipinski definition) is 1. The van der Waals surface area contributed by atoms with E-state index >= 15 is 0 Å². The van der Waals surface area contributed by atoms with Crippen LogP contribution in [0.1, 0.15) is 18.4 Å². The average Bonchev–Trinajstić information content (AvgIpc) is 2.67. The Balaban J connectivity index is 1.79. The van der Waals surface area contributed by atoms with Gasteiger partial charge in [0.1, 0.15) is 11.5 Å². The average molecular weight is 235 g/mol. The van der Waals surface area contributed by atoms with E-state index in [4.69, 9.17) is 9.15 Å². The van der Waals surface area contributed by atoms with Gasteiger partial charge in [-0.25, -0.2) is 0 Å². The molecule has 1 fully saturated rings. The Kier molecular flexibility index (Phi) is 3.33. The van der Waals surface area contributed by atoms with Crippen molar-refractivity contribution in [1.29, 1.82) is 0 Å². The second-order valence-corrected chi connectivity index (χ2v) is 4.80. The fraction of sp³-hybridized carbons (Fsp3) is 0.462. The van der Waals surface area contributed by atoms with E-state index < -0.39 is 0 Å². The molecule has 0 spiro atoms. The normalized spacial score (nSPS) is 18.0. The summed E-state index contributed by atoms with van der Waals surface area (Å²) >= 11 is 0. The van der Waals surface area contributed by atoms with Gasteiger partial charge in [0, 0.05) is 18.0 Å². The topological polar surface area (TPSA) is 51.5 Å². The molecule has 4 nitrogen and oxygen atoms in total. The maximum absolute atomic E-state index is 11.5. The monoisotopic (exact) mass is 235 g/mol. The zero-order chi connectivity index (χ0) is 12.3. The summed E-state index contributed by atoms with van der Waals surface area (Å²) in [5.41, 5.74) is 0.102. The number of hydrogen-bond acceptors (Lipinski definition) is 3. The Morgan fingerprint density at radius 1 is 1.53 bits per heavy atom. The highest BCUT2D eigenvalue weighted by Gasteiger charge is 2.33. The Bertz CT molecular complexity index is 430. The van der Waals surface area contributed by atoms with Gasteiger partial charge in [0.05, 0.1) is 13.2 Å². The van der Waals surface area contributed by atoms with Gasteiger partial charge in [-0.3, -0.25) is 4.79 Å². The molecule has 0 aliphatic carbocycles. The first-order valence-electron chi connectivity index (χ1n) is 5.68. The number of rotatable bonds is 4. The van der Waals surface area contributed by atoms with E-state index in [0.29, 0.717) is 25.5 Å². The van der Waals surface area contributed by atoms with Crippen LogP contribution in [0.3, 0.4) is 0 Å². The molecule has 92 valence electrons. The van der Waals surface area contributed by atoms with Crippen molar-refractivity contribution in [3.05, 3.63) is 29.7 Å². The Morgan fingerprint density at radius 2 is 2.29 bits per heavy atom. The summed E-state index contributed by atoms with van der Waals surface area (Å²) in [4.78, 5) is 11.5. The van der Waals surface area contributed by atoms with Gasteiger partial charge in [-0.05, 0) is 25.1 Å². The molecule has 0 saturated carbocycles. The molecule has 0 atom stereocenters.